The maximum atomic E-state index is 11.9. The normalized spacial score (nSPS) is 11.4. The van der Waals surface area contributed by atoms with Crippen LogP contribution < -0.4 is 0 Å². The van der Waals surface area contributed by atoms with Crippen molar-refractivity contribution in [1.29, 1.82) is 0 Å². The molecule has 0 saturated carbocycles. The molecule has 1 aromatic carbocycles. The van der Waals surface area contributed by atoms with Gasteiger partial charge in [-0.05, 0) is 5.56 Å². The summed E-state index contributed by atoms with van der Waals surface area (Å²) in [5.41, 5.74) is 1.69. The fourth-order valence-corrected chi connectivity index (χ4v) is 1.55. The molecule has 0 aliphatic carbocycles. The van der Waals surface area contributed by atoms with Crippen LogP contribution in [0.25, 0.3) is 0 Å². The molecule has 0 amide bonds. The van der Waals surface area contributed by atoms with Gasteiger partial charge in [0, 0.05) is 16.3 Å². The zero-order valence-electron chi connectivity index (χ0n) is 8.80. The lowest BCUT2D eigenvalue weighted by Crippen LogP contribution is -2.19. The highest BCUT2D eigenvalue weighted by Gasteiger charge is 2.22. The molecular weight excluding hydrogens is 240 g/mol. The predicted octanol–water partition coefficient (Wildman–Crippen LogP) is 3.81. The molecule has 0 saturated heterocycles. The second-order valence-electron chi connectivity index (χ2n) is 4.41. The lowest BCUT2D eigenvalue weighted by Gasteiger charge is -2.16. The molecule has 0 radical (unpaired) electrons. The average Bonchev–Trinajstić information content (AvgIpc) is 2.15. The molecule has 14 heavy (non-hydrogen) atoms. The highest BCUT2D eigenvalue weighted by molar-refractivity contribution is 9.08. The van der Waals surface area contributed by atoms with E-state index >= 15 is 0 Å². The fraction of sp³-hybridized carbons (Fsp3) is 0.417. The first-order valence-electron chi connectivity index (χ1n) is 4.65. The van der Waals surface area contributed by atoms with Gasteiger partial charge in [-0.25, -0.2) is 0 Å². The summed E-state index contributed by atoms with van der Waals surface area (Å²) in [7, 11) is 0. The van der Waals surface area contributed by atoms with E-state index in [9.17, 15) is 4.79 Å². The van der Waals surface area contributed by atoms with Crippen molar-refractivity contribution in [3.8, 4) is 0 Å². The van der Waals surface area contributed by atoms with Crippen LogP contribution in [0.3, 0.4) is 0 Å². The molecule has 0 aliphatic heterocycles. The van der Waals surface area contributed by atoms with E-state index in [1.165, 1.54) is 5.56 Å². The zero-order chi connectivity index (χ0) is 10.8. The highest BCUT2D eigenvalue weighted by atomic mass is 79.9. The van der Waals surface area contributed by atoms with Crippen molar-refractivity contribution < 1.29 is 4.79 Å². The Labute approximate surface area is 93.7 Å². The number of ketones is 1. The summed E-state index contributed by atoms with van der Waals surface area (Å²) in [6.07, 6.45) is 0. The summed E-state index contributed by atoms with van der Waals surface area (Å²) in [6.45, 7) is 5.81. The first-order valence-corrected chi connectivity index (χ1v) is 5.77. The van der Waals surface area contributed by atoms with Gasteiger partial charge in [-0.3, -0.25) is 4.79 Å². The van der Waals surface area contributed by atoms with Crippen molar-refractivity contribution in [2.24, 2.45) is 5.41 Å². The number of rotatable bonds is 2. The van der Waals surface area contributed by atoms with Crippen molar-refractivity contribution >= 4 is 21.7 Å². The first-order chi connectivity index (χ1) is 6.45. The van der Waals surface area contributed by atoms with E-state index in [0.29, 0.717) is 0 Å². The molecule has 2 heteroatoms. The van der Waals surface area contributed by atoms with E-state index < -0.39 is 0 Å². The Morgan fingerprint density at radius 1 is 1.21 bits per heavy atom. The van der Waals surface area contributed by atoms with Crippen molar-refractivity contribution in [1.82, 2.24) is 0 Å². The van der Waals surface area contributed by atoms with Crippen LogP contribution >= 0.6 is 15.9 Å². The monoisotopic (exact) mass is 254 g/mol. The van der Waals surface area contributed by atoms with Crippen LogP contribution in [-0.4, -0.2) is 5.78 Å². The Kier molecular flexibility index (Phi) is 3.48. The van der Waals surface area contributed by atoms with E-state index in [4.69, 9.17) is 0 Å². The lowest BCUT2D eigenvalue weighted by atomic mass is 9.86. The third kappa shape index (κ3) is 2.68. The van der Waals surface area contributed by atoms with Crippen LogP contribution in [0.15, 0.2) is 24.3 Å². The number of alkyl halides is 1. The van der Waals surface area contributed by atoms with Crippen LogP contribution in [0, 0.1) is 5.41 Å². The number of hydrogen-bond donors (Lipinski definition) is 0. The maximum Gasteiger partial charge on any atom is 0.168 e. The molecular formula is C12H15BrO. The molecule has 1 nitrogen and oxygen atoms in total. The Hall–Kier alpha value is -0.630. The maximum absolute atomic E-state index is 11.9. The Bertz CT molecular complexity index is 319. The first kappa shape index (κ1) is 11.4. The SMILES string of the molecule is CC(C)(C)C(=O)c1ccc(CBr)cc1. The number of hydrogen-bond acceptors (Lipinski definition) is 1. The summed E-state index contributed by atoms with van der Waals surface area (Å²) < 4.78 is 0. The quantitative estimate of drug-likeness (QED) is 0.580. The zero-order valence-corrected chi connectivity index (χ0v) is 10.4. The molecule has 1 rings (SSSR count). The van der Waals surface area contributed by atoms with E-state index in [0.717, 1.165) is 10.9 Å². The summed E-state index contributed by atoms with van der Waals surface area (Å²) in [4.78, 5) is 11.9. The van der Waals surface area contributed by atoms with E-state index in [-0.39, 0.29) is 11.2 Å². The third-order valence-corrected chi connectivity index (χ3v) is 2.70. The second kappa shape index (κ2) is 4.26. The molecule has 0 N–H and O–H groups in total. The largest absolute Gasteiger partial charge is 0.294 e. The van der Waals surface area contributed by atoms with Gasteiger partial charge in [0.2, 0.25) is 0 Å². The van der Waals surface area contributed by atoms with Gasteiger partial charge in [0.05, 0.1) is 0 Å². The van der Waals surface area contributed by atoms with E-state index in [1.807, 2.05) is 45.0 Å². The number of benzene rings is 1. The Morgan fingerprint density at radius 2 is 1.71 bits per heavy atom. The predicted molar refractivity (Wildman–Crippen MR) is 62.9 cm³/mol. The van der Waals surface area contributed by atoms with Crippen LogP contribution in [-0.2, 0) is 5.33 Å². The molecule has 0 aliphatic rings. The molecule has 0 heterocycles. The number of carbonyl (C=O) groups excluding carboxylic acids is 1. The fourth-order valence-electron chi connectivity index (χ4n) is 1.18. The lowest BCUT2D eigenvalue weighted by molar-refractivity contribution is 0.0858. The average molecular weight is 255 g/mol. The van der Waals surface area contributed by atoms with Gasteiger partial charge in [-0.15, -0.1) is 0 Å². The van der Waals surface area contributed by atoms with Crippen LogP contribution in [0.4, 0.5) is 0 Å². The minimum Gasteiger partial charge on any atom is -0.294 e. The summed E-state index contributed by atoms with van der Waals surface area (Å²) in [6, 6.07) is 7.75. The summed E-state index contributed by atoms with van der Waals surface area (Å²) in [5.74, 6) is 0.193. The number of halogens is 1. The molecule has 0 spiro atoms. The highest BCUT2D eigenvalue weighted by Crippen LogP contribution is 2.21. The standard InChI is InChI=1S/C12H15BrO/c1-12(2,3)11(14)10-6-4-9(8-13)5-7-10/h4-7H,8H2,1-3H3. The van der Waals surface area contributed by atoms with Gasteiger partial charge in [0.15, 0.2) is 5.78 Å². The number of Topliss-reactive ketones (excluding diaryl/α,β-unsaturated/α-hetero) is 1. The van der Waals surface area contributed by atoms with Crippen LogP contribution in [0.2, 0.25) is 0 Å². The topological polar surface area (TPSA) is 17.1 Å². The second-order valence-corrected chi connectivity index (χ2v) is 4.97. The van der Waals surface area contributed by atoms with Gasteiger partial charge in [-0.1, -0.05) is 61.0 Å². The van der Waals surface area contributed by atoms with Crippen molar-refractivity contribution in [2.45, 2.75) is 26.1 Å². The molecule has 0 bridgehead atoms. The van der Waals surface area contributed by atoms with E-state index in [2.05, 4.69) is 15.9 Å². The van der Waals surface area contributed by atoms with Gasteiger partial charge in [0.1, 0.15) is 0 Å². The van der Waals surface area contributed by atoms with Gasteiger partial charge in [0.25, 0.3) is 0 Å². The molecule has 0 atom stereocenters. The van der Waals surface area contributed by atoms with Crippen LogP contribution in [0.1, 0.15) is 36.7 Å². The van der Waals surface area contributed by atoms with Crippen molar-refractivity contribution in [2.75, 3.05) is 0 Å². The molecule has 76 valence electrons. The summed E-state index contributed by atoms with van der Waals surface area (Å²) >= 11 is 3.37. The van der Waals surface area contributed by atoms with Crippen LogP contribution in [0.5, 0.6) is 0 Å². The van der Waals surface area contributed by atoms with Crippen molar-refractivity contribution in [3.63, 3.8) is 0 Å². The minimum absolute atomic E-state index is 0.193. The smallest absolute Gasteiger partial charge is 0.168 e. The summed E-state index contributed by atoms with van der Waals surface area (Å²) in [5, 5.41) is 0.830. The van der Waals surface area contributed by atoms with Crippen molar-refractivity contribution in [3.05, 3.63) is 35.4 Å². The van der Waals surface area contributed by atoms with Gasteiger partial charge >= 0.3 is 0 Å². The molecule has 0 unspecified atom stereocenters. The number of carbonyl (C=O) groups is 1. The molecule has 0 aromatic heterocycles. The molecule has 1 aromatic rings. The molecule has 0 fully saturated rings. The van der Waals surface area contributed by atoms with Gasteiger partial charge in [-0.2, -0.15) is 0 Å². The van der Waals surface area contributed by atoms with Gasteiger partial charge < -0.3 is 0 Å². The Balaban J connectivity index is 2.93. The third-order valence-electron chi connectivity index (χ3n) is 2.05. The minimum atomic E-state index is -0.296. The Morgan fingerprint density at radius 3 is 2.07 bits per heavy atom. The van der Waals surface area contributed by atoms with E-state index in [1.54, 1.807) is 0 Å².